The minimum absolute atomic E-state index is 0.265. The van der Waals surface area contributed by atoms with Crippen molar-refractivity contribution >= 4 is 11.7 Å². The van der Waals surface area contributed by atoms with E-state index in [0.717, 1.165) is 38.8 Å². The van der Waals surface area contributed by atoms with Gasteiger partial charge in [-0.05, 0) is 32.7 Å². The van der Waals surface area contributed by atoms with Crippen LogP contribution in [0, 0.1) is 0 Å². The molecular weight excluding hydrogens is 240 g/mol. The fourth-order valence-electron chi connectivity index (χ4n) is 3.13. The summed E-state index contributed by atoms with van der Waals surface area (Å²) < 4.78 is 0. The lowest BCUT2D eigenvalue weighted by Crippen LogP contribution is -2.44. The summed E-state index contributed by atoms with van der Waals surface area (Å²) in [4.78, 5) is 27.7. The van der Waals surface area contributed by atoms with Gasteiger partial charge in [-0.25, -0.2) is 0 Å². The summed E-state index contributed by atoms with van der Waals surface area (Å²) in [6.07, 6.45) is 8.01. The smallest absolute Gasteiger partial charge is 0.236 e. The molecule has 1 saturated carbocycles. The zero-order valence-corrected chi connectivity index (χ0v) is 12.1. The summed E-state index contributed by atoms with van der Waals surface area (Å²) in [5.41, 5.74) is 0. The first-order valence-corrected chi connectivity index (χ1v) is 7.66. The van der Waals surface area contributed by atoms with Gasteiger partial charge >= 0.3 is 0 Å². The lowest BCUT2D eigenvalue weighted by molar-refractivity contribution is -0.132. The molecule has 0 aromatic heterocycles. The number of nitrogens with zero attached hydrogens (tertiary/aromatic N) is 2. The van der Waals surface area contributed by atoms with Gasteiger partial charge < -0.3 is 4.90 Å². The summed E-state index contributed by atoms with van der Waals surface area (Å²) >= 11 is 0. The van der Waals surface area contributed by atoms with Crippen molar-refractivity contribution in [2.45, 2.75) is 57.4 Å². The third-order valence-electron chi connectivity index (χ3n) is 4.48. The Bertz CT molecular complexity index is 312. The molecule has 1 aliphatic carbocycles. The molecule has 4 heteroatoms. The molecule has 0 atom stereocenters. The third-order valence-corrected chi connectivity index (χ3v) is 4.48. The van der Waals surface area contributed by atoms with E-state index >= 15 is 0 Å². The van der Waals surface area contributed by atoms with Crippen LogP contribution in [0.25, 0.3) is 0 Å². The summed E-state index contributed by atoms with van der Waals surface area (Å²) in [7, 11) is 2.02. The van der Waals surface area contributed by atoms with Crippen LogP contribution in [0.2, 0.25) is 0 Å². The molecule has 0 bridgehead atoms. The Morgan fingerprint density at radius 2 is 1.74 bits per heavy atom. The van der Waals surface area contributed by atoms with Crippen molar-refractivity contribution in [2.75, 3.05) is 26.7 Å². The van der Waals surface area contributed by atoms with Crippen LogP contribution in [-0.2, 0) is 9.59 Å². The van der Waals surface area contributed by atoms with Crippen molar-refractivity contribution in [1.82, 2.24) is 9.80 Å². The number of hydrogen-bond acceptors (Lipinski definition) is 3. The van der Waals surface area contributed by atoms with E-state index in [-0.39, 0.29) is 5.91 Å². The fraction of sp³-hybridized carbons (Fsp3) is 0.867. The molecule has 0 spiro atoms. The molecule has 2 aliphatic rings. The zero-order chi connectivity index (χ0) is 13.7. The maximum absolute atomic E-state index is 12.3. The van der Waals surface area contributed by atoms with Crippen LogP contribution < -0.4 is 0 Å². The molecule has 4 nitrogen and oxygen atoms in total. The van der Waals surface area contributed by atoms with Crippen LogP contribution >= 0.6 is 0 Å². The molecule has 0 aromatic rings. The van der Waals surface area contributed by atoms with Crippen molar-refractivity contribution in [2.24, 2.45) is 0 Å². The van der Waals surface area contributed by atoms with Gasteiger partial charge in [0.15, 0.2) is 0 Å². The van der Waals surface area contributed by atoms with Crippen LogP contribution in [0.5, 0.6) is 0 Å². The molecule has 108 valence electrons. The second kappa shape index (κ2) is 7.04. The number of rotatable bonds is 3. The molecule has 0 aromatic carbocycles. The average molecular weight is 266 g/mol. The molecule has 0 N–H and O–H groups in total. The molecule has 1 amide bonds. The highest BCUT2D eigenvalue weighted by Gasteiger charge is 2.25. The number of Topliss-reactive ketones (excluding diaryl/α,β-unsaturated/α-hetero) is 1. The number of likely N-dealkylation sites (tertiary alicyclic amines) is 1. The van der Waals surface area contributed by atoms with Crippen LogP contribution in [0.3, 0.4) is 0 Å². The summed E-state index contributed by atoms with van der Waals surface area (Å²) in [6.45, 7) is 2.37. The Labute approximate surface area is 116 Å². The van der Waals surface area contributed by atoms with E-state index < -0.39 is 0 Å². The summed E-state index contributed by atoms with van der Waals surface area (Å²) in [5.74, 6) is 0.643. The van der Waals surface area contributed by atoms with E-state index in [1.807, 2.05) is 11.9 Å². The van der Waals surface area contributed by atoms with Gasteiger partial charge in [-0.2, -0.15) is 0 Å². The molecule has 1 aliphatic heterocycles. The van der Waals surface area contributed by atoms with E-state index in [4.69, 9.17) is 0 Å². The lowest BCUT2D eigenvalue weighted by atomic mass is 9.93. The first-order chi connectivity index (χ1) is 9.16. The number of likely N-dealkylation sites (N-methyl/N-ethyl adjacent to an activating group) is 1. The molecule has 0 radical (unpaired) electrons. The van der Waals surface area contributed by atoms with Gasteiger partial charge in [-0.3, -0.25) is 14.5 Å². The Kier molecular flexibility index (Phi) is 5.37. The Morgan fingerprint density at radius 3 is 2.32 bits per heavy atom. The molecule has 19 heavy (non-hydrogen) atoms. The third kappa shape index (κ3) is 4.30. The minimum atomic E-state index is 0.265. The first kappa shape index (κ1) is 14.5. The van der Waals surface area contributed by atoms with Crippen LogP contribution in [0.15, 0.2) is 0 Å². The van der Waals surface area contributed by atoms with E-state index in [1.54, 1.807) is 0 Å². The normalized spacial score (nSPS) is 22.6. The van der Waals surface area contributed by atoms with Crippen molar-refractivity contribution in [3.63, 3.8) is 0 Å². The Hall–Kier alpha value is -0.900. The van der Waals surface area contributed by atoms with Gasteiger partial charge in [-0.1, -0.05) is 12.8 Å². The predicted molar refractivity (Wildman–Crippen MR) is 74.9 cm³/mol. The number of hydrogen-bond donors (Lipinski definition) is 0. The highest BCUT2D eigenvalue weighted by atomic mass is 16.2. The average Bonchev–Trinajstić information content (AvgIpc) is 2.68. The highest BCUT2D eigenvalue weighted by Crippen LogP contribution is 2.19. The second-order valence-corrected chi connectivity index (χ2v) is 5.98. The van der Waals surface area contributed by atoms with Crippen molar-refractivity contribution in [3.8, 4) is 0 Å². The van der Waals surface area contributed by atoms with Gasteiger partial charge in [-0.15, -0.1) is 0 Å². The number of ketones is 1. The maximum Gasteiger partial charge on any atom is 0.236 e. The van der Waals surface area contributed by atoms with E-state index in [2.05, 4.69) is 4.90 Å². The monoisotopic (exact) mass is 266 g/mol. The number of amides is 1. The Morgan fingerprint density at radius 1 is 1.16 bits per heavy atom. The van der Waals surface area contributed by atoms with Gasteiger partial charge in [0.25, 0.3) is 0 Å². The maximum atomic E-state index is 12.3. The van der Waals surface area contributed by atoms with E-state index in [1.165, 1.54) is 12.8 Å². The van der Waals surface area contributed by atoms with Gasteiger partial charge in [0.2, 0.25) is 5.91 Å². The van der Waals surface area contributed by atoms with Gasteiger partial charge in [0.1, 0.15) is 5.78 Å². The lowest BCUT2D eigenvalue weighted by Gasteiger charge is -2.32. The van der Waals surface area contributed by atoms with Crippen LogP contribution in [0.1, 0.15) is 51.4 Å². The zero-order valence-electron chi connectivity index (χ0n) is 12.1. The summed E-state index contributed by atoms with van der Waals surface area (Å²) in [5, 5.41) is 0. The van der Waals surface area contributed by atoms with Crippen molar-refractivity contribution < 1.29 is 9.59 Å². The second-order valence-electron chi connectivity index (χ2n) is 5.98. The van der Waals surface area contributed by atoms with Crippen molar-refractivity contribution in [3.05, 3.63) is 0 Å². The quantitative estimate of drug-likeness (QED) is 0.782. The summed E-state index contributed by atoms with van der Waals surface area (Å²) in [6, 6.07) is 0.411. The molecule has 0 unspecified atom stereocenters. The first-order valence-electron chi connectivity index (χ1n) is 7.66. The molecule has 1 heterocycles. The van der Waals surface area contributed by atoms with E-state index in [0.29, 0.717) is 31.2 Å². The Balaban J connectivity index is 1.78. The molecule has 2 fully saturated rings. The van der Waals surface area contributed by atoms with E-state index in [9.17, 15) is 9.59 Å². The van der Waals surface area contributed by atoms with Crippen LogP contribution in [-0.4, -0.2) is 54.2 Å². The molecule has 1 saturated heterocycles. The minimum Gasteiger partial charge on any atom is -0.342 e. The fourth-order valence-corrected chi connectivity index (χ4v) is 3.13. The van der Waals surface area contributed by atoms with Crippen LogP contribution in [0.4, 0.5) is 0 Å². The standard InChI is InChI=1S/C15H26N2O2/c1-16(13-6-8-14(18)9-7-13)12-15(19)17-10-4-2-3-5-11-17/h13H,2-12H2,1H3. The topological polar surface area (TPSA) is 40.6 Å². The largest absolute Gasteiger partial charge is 0.342 e. The molecular formula is C15H26N2O2. The number of carbonyl (C=O) groups excluding carboxylic acids is 2. The predicted octanol–water partition coefficient (Wildman–Crippen LogP) is 1.83. The van der Waals surface area contributed by atoms with Crippen molar-refractivity contribution in [1.29, 1.82) is 0 Å². The number of carbonyl (C=O) groups is 2. The van der Waals surface area contributed by atoms with Gasteiger partial charge in [0.05, 0.1) is 6.54 Å². The van der Waals surface area contributed by atoms with Gasteiger partial charge in [0, 0.05) is 32.0 Å². The highest BCUT2D eigenvalue weighted by molar-refractivity contribution is 5.79. The molecule has 2 rings (SSSR count). The SMILES string of the molecule is CN(CC(=O)N1CCCCCC1)C1CCC(=O)CC1.